The molecule has 1 unspecified atom stereocenters. The van der Waals surface area contributed by atoms with Gasteiger partial charge in [-0.25, -0.2) is 0 Å². The third-order valence-corrected chi connectivity index (χ3v) is 6.32. The minimum atomic E-state index is -0.136. The first-order valence-corrected chi connectivity index (χ1v) is 10.5. The molecule has 0 radical (unpaired) electrons. The number of carbonyl (C=O) groups is 1. The van der Waals surface area contributed by atoms with Crippen LogP contribution in [0.3, 0.4) is 0 Å². The normalized spacial score (nSPS) is 23.1. The zero-order valence-corrected chi connectivity index (χ0v) is 16.6. The number of likely N-dealkylation sites (N-methyl/N-ethyl adjacent to an activating group) is 1. The predicted octanol–water partition coefficient (Wildman–Crippen LogP) is 3.44. The number of thioether (sulfide) groups is 1. The topological polar surface area (TPSA) is 53.9 Å². The molecule has 1 saturated carbocycles. The van der Waals surface area contributed by atoms with Crippen molar-refractivity contribution in [3.8, 4) is 5.75 Å². The van der Waals surface area contributed by atoms with Crippen molar-refractivity contribution in [2.24, 2.45) is 4.99 Å². The van der Waals surface area contributed by atoms with Crippen LogP contribution in [0.2, 0.25) is 0 Å². The van der Waals surface area contributed by atoms with E-state index in [-0.39, 0.29) is 11.9 Å². The van der Waals surface area contributed by atoms with Gasteiger partial charge in [0.1, 0.15) is 11.8 Å². The number of methoxy groups -OCH3 is 1. The van der Waals surface area contributed by atoms with Crippen molar-refractivity contribution in [2.45, 2.75) is 57.2 Å². The number of amides is 1. The van der Waals surface area contributed by atoms with Crippen molar-refractivity contribution in [3.05, 3.63) is 29.8 Å². The van der Waals surface area contributed by atoms with Gasteiger partial charge in [-0.3, -0.25) is 9.79 Å². The van der Waals surface area contributed by atoms with Gasteiger partial charge in [-0.15, -0.1) is 0 Å². The fourth-order valence-electron chi connectivity index (χ4n) is 3.47. The second-order valence-corrected chi connectivity index (χ2v) is 8.05. The minimum absolute atomic E-state index is 0.0712. The third-order valence-electron chi connectivity index (χ3n) is 5.19. The highest BCUT2D eigenvalue weighted by molar-refractivity contribution is 8.14. The number of benzene rings is 1. The molecular formula is C20H29N3O2S. The fourth-order valence-corrected chi connectivity index (χ4v) is 4.71. The number of hydrogen-bond acceptors (Lipinski definition) is 4. The average molecular weight is 376 g/mol. The molecule has 2 aliphatic rings. The molecule has 1 aliphatic heterocycles. The molecule has 1 heterocycles. The Morgan fingerprint density at radius 2 is 1.92 bits per heavy atom. The highest BCUT2D eigenvalue weighted by Crippen LogP contribution is 2.27. The van der Waals surface area contributed by atoms with Crippen molar-refractivity contribution in [3.63, 3.8) is 0 Å². The van der Waals surface area contributed by atoms with Gasteiger partial charge >= 0.3 is 0 Å². The molecule has 1 atom stereocenters. The number of rotatable bonds is 5. The molecule has 0 bridgehead atoms. The quantitative estimate of drug-likeness (QED) is 0.801. The lowest BCUT2D eigenvalue weighted by molar-refractivity contribution is -0.124. The lowest BCUT2D eigenvalue weighted by Crippen LogP contribution is -2.44. The molecule has 6 heteroatoms. The Kier molecular flexibility index (Phi) is 6.83. The van der Waals surface area contributed by atoms with E-state index in [2.05, 4.69) is 10.2 Å². The van der Waals surface area contributed by atoms with Crippen molar-refractivity contribution >= 4 is 22.8 Å². The number of carbonyl (C=O) groups excluding carboxylic acids is 1. The summed E-state index contributed by atoms with van der Waals surface area (Å²) < 4.78 is 5.16. The summed E-state index contributed by atoms with van der Waals surface area (Å²) in [5.41, 5.74) is 1.07. The maximum atomic E-state index is 12.6. The van der Waals surface area contributed by atoms with Crippen LogP contribution < -0.4 is 10.1 Å². The smallest absolute Gasteiger partial charge is 0.243 e. The molecule has 26 heavy (non-hydrogen) atoms. The first-order valence-electron chi connectivity index (χ1n) is 9.51. The third kappa shape index (κ3) is 4.93. The van der Waals surface area contributed by atoms with E-state index in [4.69, 9.17) is 9.73 Å². The highest BCUT2D eigenvalue weighted by atomic mass is 32.2. The van der Waals surface area contributed by atoms with Crippen LogP contribution in [-0.4, -0.2) is 48.0 Å². The van der Waals surface area contributed by atoms with Gasteiger partial charge in [-0.05, 0) is 30.5 Å². The van der Waals surface area contributed by atoms with Crippen LogP contribution in [0.25, 0.3) is 0 Å². The van der Waals surface area contributed by atoms with E-state index < -0.39 is 0 Å². The lowest BCUT2D eigenvalue weighted by Gasteiger charge is -2.21. The monoisotopic (exact) mass is 375 g/mol. The zero-order valence-electron chi connectivity index (χ0n) is 15.7. The maximum absolute atomic E-state index is 12.6. The van der Waals surface area contributed by atoms with Crippen LogP contribution in [0.15, 0.2) is 29.3 Å². The summed E-state index contributed by atoms with van der Waals surface area (Å²) >= 11 is 1.71. The molecule has 142 valence electrons. The summed E-state index contributed by atoms with van der Waals surface area (Å²) in [5, 5.41) is 4.08. The Labute approximate surface area is 160 Å². The molecule has 2 fully saturated rings. The number of amidine groups is 1. The van der Waals surface area contributed by atoms with Crippen LogP contribution >= 0.6 is 11.8 Å². The summed E-state index contributed by atoms with van der Waals surface area (Å²) in [7, 11) is 3.64. The average Bonchev–Trinajstić information content (AvgIpc) is 2.86. The molecule has 1 N–H and O–H groups in total. The SMILES string of the molecule is COc1ccc(CNC(=O)C2CSC(=NC3CCCCCC3)N2C)cc1. The maximum Gasteiger partial charge on any atom is 0.243 e. The summed E-state index contributed by atoms with van der Waals surface area (Å²) in [6.07, 6.45) is 7.60. The minimum Gasteiger partial charge on any atom is -0.497 e. The summed E-state index contributed by atoms with van der Waals surface area (Å²) in [6, 6.07) is 8.08. The van der Waals surface area contributed by atoms with Crippen molar-refractivity contribution in [2.75, 3.05) is 19.9 Å². The van der Waals surface area contributed by atoms with Gasteiger partial charge in [-0.2, -0.15) is 0 Å². The van der Waals surface area contributed by atoms with Gasteiger partial charge in [0, 0.05) is 19.3 Å². The van der Waals surface area contributed by atoms with E-state index in [9.17, 15) is 4.79 Å². The Hall–Kier alpha value is -1.69. The van der Waals surface area contributed by atoms with Crippen LogP contribution in [0.1, 0.15) is 44.1 Å². The number of aliphatic imine (C=N–C) groups is 1. The second kappa shape index (κ2) is 9.31. The molecule has 1 aromatic carbocycles. The van der Waals surface area contributed by atoms with Crippen molar-refractivity contribution in [1.29, 1.82) is 0 Å². The number of ether oxygens (including phenoxy) is 1. The Balaban J connectivity index is 1.53. The zero-order chi connectivity index (χ0) is 18.4. The van der Waals surface area contributed by atoms with Gasteiger partial charge in [0.15, 0.2) is 5.17 Å². The summed E-state index contributed by atoms with van der Waals surface area (Å²) in [6.45, 7) is 0.535. The number of nitrogens with one attached hydrogen (secondary N) is 1. The first-order chi connectivity index (χ1) is 12.7. The van der Waals surface area contributed by atoms with E-state index in [1.54, 1.807) is 18.9 Å². The van der Waals surface area contributed by atoms with Crippen LogP contribution in [-0.2, 0) is 11.3 Å². The Morgan fingerprint density at radius 1 is 1.23 bits per heavy atom. The largest absolute Gasteiger partial charge is 0.497 e. The molecule has 1 aromatic rings. The Morgan fingerprint density at radius 3 is 2.58 bits per heavy atom. The van der Waals surface area contributed by atoms with Gasteiger partial charge in [-0.1, -0.05) is 49.6 Å². The van der Waals surface area contributed by atoms with E-state index in [1.165, 1.54) is 38.5 Å². The molecule has 5 nitrogen and oxygen atoms in total. The van der Waals surface area contributed by atoms with Crippen LogP contribution in [0.4, 0.5) is 0 Å². The fraction of sp³-hybridized carbons (Fsp3) is 0.600. The molecule has 1 saturated heterocycles. The number of hydrogen-bond donors (Lipinski definition) is 1. The molecule has 0 aromatic heterocycles. The van der Waals surface area contributed by atoms with E-state index in [1.807, 2.05) is 31.3 Å². The van der Waals surface area contributed by atoms with E-state index in [0.717, 1.165) is 22.2 Å². The van der Waals surface area contributed by atoms with Crippen molar-refractivity contribution in [1.82, 2.24) is 10.2 Å². The van der Waals surface area contributed by atoms with Gasteiger partial charge in [0.05, 0.1) is 13.2 Å². The molecule has 1 aliphatic carbocycles. The van der Waals surface area contributed by atoms with Gasteiger partial charge < -0.3 is 15.0 Å². The number of nitrogens with zero attached hydrogens (tertiary/aromatic N) is 2. The molecule has 3 rings (SSSR count). The predicted molar refractivity (Wildman–Crippen MR) is 108 cm³/mol. The molecule has 1 amide bonds. The summed E-state index contributed by atoms with van der Waals surface area (Å²) in [5.74, 6) is 1.67. The van der Waals surface area contributed by atoms with E-state index in [0.29, 0.717) is 12.6 Å². The van der Waals surface area contributed by atoms with E-state index >= 15 is 0 Å². The highest BCUT2D eigenvalue weighted by Gasteiger charge is 2.33. The van der Waals surface area contributed by atoms with Gasteiger partial charge in [0.2, 0.25) is 5.91 Å². The summed E-state index contributed by atoms with van der Waals surface area (Å²) in [4.78, 5) is 19.6. The first kappa shape index (κ1) is 19.1. The molecular weight excluding hydrogens is 346 g/mol. The second-order valence-electron chi connectivity index (χ2n) is 7.06. The van der Waals surface area contributed by atoms with Crippen LogP contribution in [0, 0.1) is 0 Å². The molecule has 0 spiro atoms. The standard InChI is InChI=1S/C20H29N3O2S/c1-23-18(14-26-20(23)22-16-7-5-3-4-6-8-16)19(24)21-13-15-9-11-17(25-2)12-10-15/h9-12,16,18H,3-8,13-14H2,1-2H3,(H,21,24). The Bertz CT molecular complexity index is 624. The lowest BCUT2D eigenvalue weighted by atomic mass is 10.1. The van der Waals surface area contributed by atoms with Crippen LogP contribution in [0.5, 0.6) is 5.75 Å². The van der Waals surface area contributed by atoms with Gasteiger partial charge in [0.25, 0.3) is 0 Å². The van der Waals surface area contributed by atoms with Crippen molar-refractivity contribution < 1.29 is 9.53 Å².